The number of imidazole rings is 2. The summed E-state index contributed by atoms with van der Waals surface area (Å²) in [7, 11) is -3.84. The number of nitrogens with zero attached hydrogens (tertiary/aromatic N) is 7. The zero-order valence-electron chi connectivity index (χ0n) is 61.5. The third kappa shape index (κ3) is 25.6. The van der Waals surface area contributed by atoms with Crippen molar-refractivity contribution in [2.24, 2.45) is 0 Å². The zero-order chi connectivity index (χ0) is 77.6. The van der Waals surface area contributed by atoms with Gasteiger partial charge >= 0.3 is 15.6 Å². The molecular formula is C92H82F3Ir2N7O6S-4. The predicted octanol–water partition coefficient (Wildman–Crippen LogP) is 20.9. The standard InChI is InChI=1S/C27H22N2.C27H21N2.3C11H8N.C2H6O.CHF3O3S.2CH4O.2Ir/c2*1-2-20-11-9-10-16-25(20)29-26-18-17-23(21-12-5-3-6-13-21)19-24(26)28-27(29)22-14-7-4-8-15-22;3*1-2-6-10(7-3-1)11-8-4-5-9-12-11;1-2-3;2-1(3,4)8(5,6)7;2*1-2;;/h3-19H,2H2,1H3;3-14,16-19H,2H2,1H3;3*1-6,8-9H;3H,2H2,1H3;(H,5,6,7);2*2H,1H3;;/q;4*-1;;;;;;. The van der Waals surface area contributed by atoms with Crippen molar-refractivity contribution in [1.29, 1.82) is 0 Å². The van der Waals surface area contributed by atoms with Gasteiger partial charge in [-0.25, -0.2) is 4.98 Å². The van der Waals surface area contributed by atoms with Crippen LogP contribution in [0.3, 0.4) is 0 Å². The Morgan fingerprint density at radius 2 is 0.649 bits per heavy atom. The molecule has 0 unspecified atom stereocenters. The quantitative estimate of drug-likeness (QED) is 0.0548. The van der Waals surface area contributed by atoms with Crippen LogP contribution in [-0.2, 0) is 63.2 Å². The van der Waals surface area contributed by atoms with Crippen LogP contribution in [-0.4, -0.2) is 88.7 Å². The topological polar surface area (TPSA) is 189 Å². The van der Waals surface area contributed by atoms with Crippen LogP contribution >= 0.6 is 0 Å². The van der Waals surface area contributed by atoms with Gasteiger partial charge < -0.3 is 34.8 Å². The van der Waals surface area contributed by atoms with Crippen LogP contribution in [0.1, 0.15) is 31.9 Å². The van der Waals surface area contributed by atoms with E-state index in [2.05, 4.69) is 226 Å². The normalized spacial score (nSPS) is 10.2. The van der Waals surface area contributed by atoms with Gasteiger partial charge in [0.25, 0.3) is 0 Å². The average molecular weight is 1860 g/mol. The molecule has 111 heavy (non-hydrogen) atoms. The smallest absolute Gasteiger partial charge is 0.400 e. The van der Waals surface area contributed by atoms with Gasteiger partial charge in [-0.15, -0.1) is 144 Å². The number of para-hydroxylation sites is 2. The molecule has 0 fully saturated rings. The van der Waals surface area contributed by atoms with Crippen molar-refractivity contribution in [3.05, 3.63) is 382 Å². The molecule has 0 aliphatic carbocycles. The van der Waals surface area contributed by atoms with Crippen LogP contribution in [0.25, 0.3) is 112 Å². The molecule has 4 N–H and O–H groups in total. The summed E-state index contributed by atoms with van der Waals surface area (Å²) in [6.45, 7) is 6.33. The minimum Gasteiger partial charge on any atom is -0.400 e. The molecule has 0 atom stereocenters. The molecule has 13 nitrogen and oxygen atoms in total. The van der Waals surface area contributed by atoms with Gasteiger partial charge in [-0.2, -0.15) is 21.6 Å². The summed E-state index contributed by atoms with van der Waals surface area (Å²) in [4.78, 5) is 22.8. The van der Waals surface area contributed by atoms with Crippen molar-refractivity contribution in [2.75, 3.05) is 20.8 Å². The molecular weight excluding hydrogens is 1770 g/mol. The fraction of sp³-hybridized carbons (Fsp3) is 0.0978. The molecule has 11 aromatic carbocycles. The first-order chi connectivity index (χ1) is 53.3. The largest absolute Gasteiger partial charge is 0.522 e. The summed E-state index contributed by atoms with van der Waals surface area (Å²) in [5, 5.41) is 21.6. The van der Waals surface area contributed by atoms with Crippen LogP contribution in [0.5, 0.6) is 0 Å². The number of benzene rings is 11. The number of rotatable bonds is 11. The number of hydrogen-bond donors (Lipinski definition) is 4. The van der Waals surface area contributed by atoms with E-state index < -0.39 is 15.6 Å². The Bertz CT molecular complexity index is 4890. The summed E-state index contributed by atoms with van der Waals surface area (Å²) in [5.74, 6) is 1.90. The molecule has 0 spiro atoms. The molecule has 5 heterocycles. The van der Waals surface area contributed by atoms with Crippen LogP contribution in [0.2, 0.25) is 0 Å². The van der Waals surface area contributed by atoms with Crippen molar-refractivity contribution in [2.45, 2.75) is 39.1 Å². The van der Waals surface area contributed by atoms with Crippen molar-refractivity contribution in [3.63, 3.8) is 0 Å². The molecule has 5 aromatic heterocycles. The SMILES string of the molecule is CCO.CCc1ccccc1-n1c(-c2[c-]cccc2)nc2cc(-c3ccccc3)ccc21.CCc1ccccc1-n1c(-c2ccccc2)nc2cc(-c3ccccc3)ccc21.CO.CO.O=S(=O)(O)C(F)(F)F.[Ir].[Ir].[c-]1ccccc1-c1ccccn1.[c-]1ccccc1-c1ccccn1.[c-]1ccccc1-c1ccccn1. The molecule has 19 heteroatoms. The van der Waals surface area contributed by atoms with Gasteiger partial charge in [-0.3, -0.25) is 14.1 Å². The minimum atomic E-state index is -5.84. The van der Waals surface area contributed by atoms with E-state index in [1.54, 1.807) is 25.5 Å². The molecule has 16 rings (SSSR count). The zero-order valence-corrected chi connectivity index (χ0v) is 67.1. The predicted molar refractivity (Wildman–Crippen MR) is 434 cm³/mol. The van der Waals surface area contributed by atoms with Crippen LogP contribution in [0.4, 0.5) is 13.2 Å². The number of hydrogen-bond acceptors (Lipinski definition) is 10. The minimum absolute atomic E-state index is 0. The van der Waals surface area contributed by atoms with E-state index in [1.807, 2.05) is 164 Å². The third-order valence-corrected chi connectivity index (χ3v) is 16.6. The van der Waals surface area contributed by atoms with E-state index >= 15 is 0 Å². The number of aliphatic hydroxyl groups excluding tert-OH is 3. The van der Waals surface area contributed by atoms with Crippen molar-refractivity contribution in [3.8, 4) is 90.2 Å². The van der Waals surface area contributed by atoms with Crippen molar-refractivity contribution < 1.29 is 81.7 Å². The van der Waals surface area contributed by atoms with Crippen LogP contribution < -0.4 is 0 Å². The average Bonchev–Trinajstić information content (AvgIpc) is 1.62. The maximum Gasteiger partial charge on any atom is 0.522 e. The molecule has 0 bridgehead atoms. The number of halogens is 3. The number of aliphatic hydroxyl groups is 3. The Hall–Kier alpha value is -11.3. The second-order valence-electron chi connectivity index (χ2n) is 23.0. The van der Waals surface area contributed by atoms with Crippen molar-refractivity contribution >= 4 is 32.2 Å². The molecule has 0 saturated carbocycles. The summed E-state index contributed by atoms with van der Waals surface area (Å²) in [6, 6.07) is 124. The fourth-order valence-electron chi connectivity index (χ4n) is 11.0. The van der Waals surface area contributed by atoms with Gasteiger partial charge in [0, 0.05) is 90.9 Å². The molecule has 570 valence electrons. The van der Waals surface area contributed by atoms with Crippen LogP contribution in [0.15, 0.2) is 346 Å². The maximum atomic E-state index is 10.7. The summed E-state index contributed by atoms with van der Waals surface area (Å²) in [6.07, 6.45) is 7.31. The number of pyridine rings is 3. The molecule has 0 saturated heterocycles. The van der Waals surface area contributed by atoms with E-state index in [0.717, 1.165) is 106 Å². The van der Waals surface area contributed by atoms with E-state index in [-0.39, 0.29) is 46.8 Å². The first-order valence-corrected chi connectivity index (χ1v) is 36.2. The molecule has 16 aromatic rings. The Balaban J connectivity index is 0.000000216. The number of aromatic nitrogens is 7. The Labute approximate surface area is 674 Å². The third-order valence-electron chi connectivity index (χ3n) is 16.0. The van der Waals surface area contributed by atoms with Gasteiger partial charge in [0.05, 0.1) is 33.6 Å². The van der Waals surface area contributed by atoms with Gasteiger partial charge in [0.15, 0.2) is 0 Å². The molecule has 0 amide bonds. The van der Waals surface area contributed by atoms with Gasteiger partial charge in [0.2, 0.25) is 0 Å². The second-order valence-corrected chi connectivity index (χ2v) is 24.4. The van der Waals surface area contributed by atoms with Gasteiger partial charge in [-0.1, -0.05) is 190 Å². The fourth-order valence-corrected chi connectivity index (χ4v) is 11.0. The Morgan fingerprint density at radius 3 is 0.955 bits per heavy atom. The van der Waals surface area contributed by atoms with E-state index in [9.17, 15) is 13.2 Å². The first kappa shape index (κ1) is 88.6. The number of alkyl halides is 3. The summed E-state index contributed by atoms with van der Waals surface area (Å²) < 4.78 is 62.1. The van der Waals surface area contributed by atoms with E-state index in [1.165, 1.54) is 44.8 Å². The Morgan fingerprint density at radius 1 is 0.360 bits per heavy atom. The van der Waals surface area contributed by atoms with Crippen molar-refractivity contribution in [1.82, 2.24) is 34.1 Å². The monoisotopic (exact) mass is 1860 g/mol. The summed E-state index contributed by atoms with van der Waals surface area (Å²) >= 11 is 0. The van der Waals surface area contributed by atoms with E-state index in [4.69, 9.17) is 38.3 Å². The van der Waals surface area contributed by atoms with Gasteiger partial charge in [0.1, 0.15) is 5.82 Å². The summed E-state index contributed by atoms with van der Waals surface area (Å²) in [5.41, 5.74) is 16.6. The first-order valence-electron chi connectivity index (χ1n) is 34.8. The van der Waals surface area contributed by atoms with E-state index in [0.29, 0.717) is 0 Å². The van der Waals surface area contributed by atoms with Gasteiger partial charge in [-0.05, 0) is 125 Å². The molecule has 2 radical (unpaired) electrons. The number of fused-ring (bicyclic) bond motifs is 2. The molecule has 0 aliphatic heterocycles. The number of aryl methyl sites for hydroxylation is 2. The van der Waals surface area contributed by atoms with Crippen LogP contribution in [0, 0.1) is 24.3 Å². The Kier molecular flexibility index (Phi) is 37.4. The maximum absolute atomic E-state index is 10.7. The molecule has 0 aliphatic rings. The second kappa shape index (κ2) is 46.9.